The number of furan rings is 1. The van der Waals surface area contributed by atoms with Gasteiger partial charge in [-0.1, -0.05) is 11.3 Å². The number of methoxy groups -OCH3 is 1. The van der Waals surface area contributed by atoms with Crippen molar-refractivity contribution in [2.24, 2.45) is 5.10 Å². The molecule has 0 radical (unpaired) electrons. The summed E-state index contributed by atoms with van der Waals surface area (Å²) in [4.78, 5) is 18.2. The lowest BCUT2D eigenvalue weighted by Gasteiger charge is -2.16. The number of benzene rings is 2. The van der Waals surface area contributed by atoms with Gasteiger partial charge in [-0.3, -0.25) is 4.79 Å². The summed E-state index contributed by atoms with van der Waals surface area (Å²) in [5.74, 6) is 0.695. The van der Waals surface area contributed by atoms with Gasteiger partial charge in [-0.25, -0.2) is 13.4 Å². The van der Waals surface area contributed by atoms with E-state index in [1.807, 2.05) is 12.1 Å². The molecule has 0 spiro atoms. The highest BCUT2D eigenvalue weighted by molar-refractivity contribution is 7.89. The molecule has 180 valence electrons. The van der Waals surface area contributed by atoms with Gasteiger partial charge in [0.25, 0.3) is 5.91 Å². The van der Waals surface area contributed by atoms with Crippen LogP contribution < -0.4 is 9.75 Å². The Bertz CT molecular complexity index is 1470. The Balaban J connectivity index is 1.48. The SMILES string of the molecule is COc1ccc2nc(N(/N=C/c3ccco3)C(=O)c3ccc(S(=O)(=O)N4CCCC4)cc3)sc2c1. The number of thiazole rings is 1. The van der Waals surface area contributed by atoms with Crippen LogP contribution in [-0.4, -0.2) is 50.0 Å². The second-order valence-corrected chi connectivity index (χ2v) is 10.8. The van der Waals surface area contributed by atoms with E-state index in [9.17, 15) is 13.2 Å². The molecule has 9 nitrogen and oxygen atoms in total. The van der Waals surface area contributed by atoms with E-state index < -0.39 is 15.9 Å². The van der Waals surface area contributed by atoms with Crippen LogP contribution >= 0.6 is 11.3 Å². The number of aromatic nitrogens is 1. The third-order valence-corrected chi connectivity index (χ3v) is 8.51. The van der Waals surface area contributed by atoms with E-state index in [2.05, 4.69) is 10.1 Å². The van der Waals surface area contributed by atoms with Crippen LogP contribution in [0.5, 0.6) is 5.75 Å². The van der Waals surface area contributed by atoms with E-state index in [0.29, 0.717) is 35.2 Å². The third-order valence-electron chi connectivity index (χ3n) is 5.61. The van der Waals surface area contributed by atoms with Gasteiger partial charge in [0.1, 0.15) is 11.5 Å². The summed E-state index contributed by atoms with van der Waals surface area (Å²) in [5.41, 5.74) is 0.975. The van der Waals surface area contributed by atoms with Gasteiger partial charge in [0, 0.05) is 18.7 Å². The summed E-state index contributed by atoms with van der Waals surface area (Å²) in [7, 11) is -1.99. The van der Waals surface area contributed by atoms with Crippen molar-refractivity contribution < 1.29 is 22.4 Å². The number of nitrogens with zero attached hydrogens (tertiary/aromatic N) is 4. The maximum absolute atomic E-state index is 13.5. The maximum atomic E-state index is 13.5. The number of fused-ring (bicyclic) bond motifs is 1. The molecule has 0 saturated carbocycles. The van der Waals surface area contributed by atoms with Crippen molar-refractivity contribution in [3.05, 3.63) is 72.2 Å². The molecule has 1 aliphatic rings. The van der Waals surface area contributed by atoms with Gasteiger partial charge in [-0.05, 0) is 67.4 Å². The minimum Gasteiger partial charge on any atom is -0.497 e. The van der Waals surface area contributed by atoms with Crippen LogP contribution in [-0.2, 0) is 10.0 Å². The second-order valence-electron chi connectivity index (χ2n) is 7.84. The Morgan fingerprint density at radius 1 is 1.17 bits per heavy atom. The molecule has 0 bridgehead atoms. The van der Waals surface area contributed by atoms with Crippen molar-refractivity contribution in [3.8, 4) is 5.75 Å². The van der Waals surface area contributed by atoms with Crippen LogP contribution in [0.15, 0.2) is 75.3 Å². The van der Waals surface area contributed by atoms with Crippen LogP contribution in [0.2, 0.25) is 0 Å². The van der Waals surface area contributed by atoms with Gasteiger partial charge in [0.15, 0.2) is 0 Å². The molecule has 0 unspecified atom stereocenters. The van der Waals surface area contributed by atoms with Gasteiger partial charge >= 0.3 is 0 Å². The molecule has 0 N–H and O–H groups in total. The van der Waals surface area contributed by atoms with Gasteiger partial charge in [0.2, 0.25) is 15.2 Å². The van der Waals surface area contributed by atoms with Gasteiger partial charge in [0.05, 0.1) is 34.7 Å². The average molecular weight is 511 g/mol. The number of ether oxygens (including phenoxy) is 1. The largest absolute Gasteiger partial charge is 0.497 e. The monoisotopic (exact) mass is 510 g/mol. The molecule has 1 amide bonds. The zero-order valence-corrected chi connectivity index (χ0v) is 20.5. The molecule has 35 heavy (non-hydrogen) atoms. The molecule has 3 heterocycles. The van der Waals surface area contributed by atoms with Gasteiger partial charge in [-0.2, -0.15) is 14.4 Å². The fourth-order valence-corrected chi connectivity index (χ4v) is 6.22. The van der Waals surface area contributed by atoms with Crippen molar-refractivity contribution in [1.82, 2.24) is 9.29 Å². The molecule has 2 aromatic carbocycles. The van der Waals surface area contributed by atoms with Crippen molar-refractivity contribution in [3.63, 3.8) is 0 Å². The third kappa shape index (κ3) is 4.70. The fraction of sp³-hybridized carbons (Fsp3) is 0.208. The van der Waals surface area contributed by atoms with Crippen molar-refractivity contribution in [2.45, 2.75) is 17.7 Å². The summed E-state index contributed by atoms with van der Waals surface area (Å²) >= 11 is 1.29. The number of carbonyl (C=O) groups is 1. The first-order valence-electron chi connectivity index (χ1n) is 10.9. The average Bonchev–Trinajstić information content (AvgIpc) is 3.66. The number of hydrogen-bond donors (Lipinski definition) is 0. The number of anilines is 1. The van der Waals surface area contributed by atoms with Crippen molar-refractivity contribution >= 4 is 48.8 Å². The van der Waals surface area contributed by atoms with E-state index in [-0.39, 0.29) is 10.5 Å². The minimum absolute atomic E-state index is 0.161. The number of carbonyl (C=O) groups excluding carboxylic acids is 1. The first-order chi connectivity index (χ1) is 17.0. The standard InChI is InChI=1S/C24H22N4O5S2/c1-32-18-8-11-21-22(15-18)34-24(26-21)28(25-16-19-5-4-14-33-19)23(29)17-6-9-20(10-7-17)35(30,31)27-12-2-3-13-27/h4-11,14-16H,2-3,12-13H2,1H3/b25-16+. The lowest BCUT2D eigenvalue weighted by Crippen LogP contribution is -2.28. The zero-order valence-electron chi connectivity index (χ0n) is 18.8. The Kier molecular flexibility index (Phi) is 6.37. The molecular weight excluding hydrogens is 488 g/mol. The molecule has 1 saturated heterocycles. The van der Waals surface area contributed by atoms with Crippen LogP contribution in [0.1, 0.15) is 29.0 Å². The Labute approximate surface area is 206 Å². The second kappa shape index (κ2) is 9.61. The minimum atomic E-state index is -3.57. The van der Waals surface area contributed by atoms with Crippen LogP contribution in [0, 0.1) is 0 Å². The molecule has 1 fully saturated rings. The smallest absolute Gasteiger partial charge is 0.280 e. The highest BCUT2D eigenvalue weighted by atomic mass is 32.2. The maximum Gasteiger partial charge on any atom is 0.280 e. The van der Waals surface area contributed by atoms with Crippen LogP contribution in [0.3, 0.4) is 0 Å². The number of rotatable bonds is 7. The van der Waals surface area contributed by atoms with E-state index in [1.165, 1.54) is 57.4 Å². The highest BCUT2D eigenvalue weighted by Gasteiger charge is 2.28. The normalized spacial score (nSPS) is 14.7. The molecular formula is C24H22N4O5S2. The van der Waals surface area contributed by atoms with Gasteiger partial charge in [-0.15, -0.1) is 0 Å². The lowest BCUT2D eigenvalue weighted by atomic mass is 10.2. The zero-order chi connectivity index (χ0) is 24.4. The summed E-state index contributed by atoms with van der Waals surface area (Å²) < 4.78 is 38.6. The van der Waals surface area contributed by atoms with Crippen LogP contribution in [0.25, 0.3) is 10.2 Å². The lowest BCUT2D eigenvalue weighted by molar-refractivity contribution is 0.0987. The summed E-state index contributed by atoms with van der Waals surface area (Å²) in [5, 5.41) is 5.88. The fourth-order valence-electron chi connectivity index (χ4n) is 3.75. The summed E-state index contributed by atoms with van der Waals surface area (Å²) in [6.07, 6.45) is 4.65. The number of hydrazone groups is 1. The van der Waals surface area contributed by atoms with Crippen molar-refractivity contribution in [2.75, 3.05) is 25.2 Å². The molecule has 1 aliphatic heterocycles. The van der Waals surface area contributed by atoms with E-state index in [1.54, 1.807) is 25.3 Å². The molecule has 4 aromatic rings. The summed E-state index contributed by atoms with van der Waals surface area (Å²) in [6.45, 7) is 1.03. The number of amides is 1. The molecule has 0 atom stereocenters. The number of hydrogen-bond acceptors (Lipinski definition) is 8. The van der Waals surface area contributed by atoms with Crippen LogP contribution in [0.4, 0.5) is 5.13 Å². The van der Waals surface area contributed by atoms with E-state index in [0.717, 1.165) is 17.5 Å². The Morgan fingerprint density at radius 3 is 2.63 bits per heavy atom. The highest BCUT2D eigenvalue weighted by Crippen LogP contribution is 2.32. The molecule has 2 aromatic heterocycles. The first kappa shape index (κ1) is 23.2. The first-order valence-corrected chi connectivity index (χ1v) is 13.2. The van der Waals surface area contributed by atoms with Crippen molar-refractivity contribution in [1.29, 1.82) is 0 Å². The predicted octanol–water partition coefficient (Wildman–Crippen LogP) is 4.36. The summed E-state index contributed by atoms with van der Waals surface area (Å²) in [6, 6.07) is 14.8. The predicted molar refractivity (Wildman–Crippen MR) is 134 cm³/mol. The number of sulfonamides is 1. The molecule has 0 aliphatic carbocycles. The van der Waals surface area contributed by atoms with E-state index in [4.69, 9.17) is 9.15 Å². The van der Waals surface area contributed by atoms with Gasteiger partial charge < -0.3 is 9.15 Å². The quantitative estimate of drug-likeness (QED) is 0.270. The molecule has 5 rings (SSSR count). The molecule has 11 heteroatoms. The Morgan fingerprint density at radius 2 is 1.94 bits per heavy atom. The Hall–Kier alpha value is -3.54. The van der Waals surface area contributed by atoms with E-state index >= 15 is 0 Å². The topological polar surface area (TPSA) is 105 Å².